The molecule has 18 heavy (non-hydrogen) atoms. The van der Waals surface area contributed by atoms with Crippen LogP contribution >= 0.6 is 11.6 Å². The zero-order valence-electron chi connectivity index (χ0n) is 11.7. The number of rotatable bonds is 5. The molecular formula is C14H22ClN3. The number of anilines is 1. The summed E-state index contributed by atoms with van der Waals surface area (Å²) in [6.07, 6.45) is 2.71. The molecule has 1 aromatic heterocycles. The lowest BCUT2D eigenvalue weighted by molar-refractivity contribution is 0.708. The molecule has 1 aromatic rings. The predicted octanol–water partition coefficient (Wildman–Crippen LogP) is 3.80. The van der Waals surface area contributed by atoms with Crippen LogP contribution in [0.3, 0.4) is 0 Å². The summed E-state index contributed by atoms with van der Waals surface area (Å²) >= 11 is 6.24. The van der Waals surface area contributed by atoms with Gasteiger partial charge in [0.2, 0.25) is 0 Å². The molecule has 0 saturated heterocycles. The van der Waals surface area contributed by atoms with Crippen LogP contribution in [-0.2, 0) is 0 Å². The van der Waals surface area contributed by atoms with Crippen LogP contribution in [0.4, 0.5) is 5.82 Å². The molecule has 1 aliphatic rings. The van der Waals surface area contributed by atoms with Crippen LogP contribution in [0.2, 0.25) is 5.15 Å². The first-order valence-corrected chi connectivity index (χ1v) is 7.19. The predicted molar refractivity (Wildman–Crippen MR) is 76.5 cm³/mol. The van der Waals surface area contributed by atoms with Crippen LogP contribution < -0.4 is 4.90 Å². The molecule has 1 aliphatic carbocycles. The first-order chi connectivity index (χ1) is 8.52. The minimum absolute atomic E-state index is 0.307. The summed E-state index contributed by atoms with van der Waals surface area (Å²) in [4.78, 5) is 11.4. The van der Waals surface area contributed by atoms with E-state index in [2.05, 4.69) is 30.7 Å². The van der Waals surface area contributed by atoms with Crippen molar-refractivity contribution in [1.29, 1.82) is 0 Å². The smallest absolute Gasteiger partial charge is 0.137 e. The van der Waals surface area contributed by atoms with Gasteiger partial charge in [-0.15, -0.1) is 0 Å². The van der Waals surface area contributed by atoms with Crippen LogP contribution in [0.25, 0.3) is 0 Å². The van der Waals surface area contributed by atoms with E-state index in [1.54, 1.807) is 0 Å². The van der Waals surface area contributed by atoms with E-state index in [4.69, 9.17) is 16.6 Å². The molecule has 100 valence electrons. The minimum atomic E-state index is 0.307. The van der Waals surface area contributed by atoms with E-state index in [0.29, 0.717) is 11.1 Å². The number of hydrogen-bond donors (Lipinski definition) is 0. The van der Waals surface area contributed by atoms with Gasteiger partial charge in [0.1, 0.15) is 16.8 Å². The third-order valence-electron chi connectivity index (χ3n) is 3.45. The van der Waals surface area contributed by atoms with Crippen molar-refractivity contribution in [2.24, 2.45) is 5.92 Å². The summed E-state index contributed by atoms with van der Waals surface area (Å²) in [5.41, 5.74) is 1.00. The van der Waals surface area contributed by atoms with Crippen molar-refractivity contribution in [2.75, 3.05) is 18.0 Å². The number of halogens is 1. The maximum Gasteiger partial charge on any atom is 0.137 e. The molecule has 1 saturated carbocycles. The molecule has 0 aliphatic heterocycles. The first kappa shape index (κ1) is 13.6. The van der Waals surface area contributed by atoms with Crippen LogP contribution in [0.5, 0.6) is 0 Å². The molecule has 3 nitrogen and oxygen atoms in total. The van der Waals surface area contributed by atoms with E-state index >= 15 is 0 Å². The van der Waals surface area contributed by atoms with Gasteiger partial charge in [0, 0.05) is 24.6 Å². The summed E-state index contributed by atoms with van der Waals surface area (Å²) in [7, 11) is 0. The molecule has 0 N–H and O–H groups in total. The van der Waals surface area contributed by atoms with Crippen molar-refractivity contribution >= 4 is 17.4 Å². The summed E-state index contributed by atoms with van der Waals surface area (Å²) in [6, 6.07) is 0. The topological polar surface area (TPSA) is 29.0 Å². The average molecular weight is 268 g/mol. The van der Waals surface area contributed by atoms with Gasteiger partial charge in [0.15, 0.2) is 0 Å². The lowest BCUT2D eigenvalue weighted by Crippen LogP contribution is -2.27. The van der Waals surface area contributed by atoms with Crippen molar-refractivity contribution < 1.29 is 0 Å². The highest BCUT2D eigenvalue weighted by Crippen LogP contribution is 2.33. The van der Waals surface area contributed by atoms with Crippen molar-refractivity contribution in [1.82, 2.24) is 9.97 Å². The van der Waals surface area contributed by atoms with E-state index in [1.165, 1.54) is 12.8 Å². The minimum Gasteiger partial charge on any atom is -0.356 e. The molecule has 0 amide bonds. The second-order valence-electron chi connectivity index (χ2n) is 5.46. The van der Waals surface area contributed by atoms with E-state index in [0.717, 1.165) is 36.2 Å². The Morgan fingerprint density at radius 2 is 2.00 bits per heavy atom. The van der Waals surface area contributed by atoms with E-state index < -0.39 is 0 Å². The number of hydrogen-bond acceptors (Lipinski definition) is 3. The molecule has 0 unspecified atom stereocenters. The largest absolute Gasteiger partial charge is 0.356 e. The summed E-state index contributed by atoms with van der Waals surface area (Å²) in [5, 5.41) is 0.595. The third kappa shape index (κ3) is 2.94. The average Bonchev–Trinajstić information content (AvgIpc) is 3.13. The van der Waals surface area contributed by atoms with Gasteiger partial charge in [-0.05, 0) is 32.6 Å². The fourth-order valence-electron chi connectivity index (χ4n) is 2.04. The number of aromatic nitrogens is 2. The van der Waals surface area contributed by atoms with Crippen LogP contribution in [-0.4, -0.2) is 23.1 Å². The molecule has 1 heterocycles. The van der Waals surface area contributed by atoms with Gasteiger partial charge < -0.3 is 4.90 Å². The molecule has 4 heteroatoms. The van der Waals surface area contributed by atoms with Crippen molar-refractivity contribution in [3.63, 3.8) is 0 Å². The molecule has 1 fully saturated rings. The van der Waals surface area contributed by atoms with Gasteiger partial charge in [-0.25, -0.2) is 9.97 Å². The van der Waals surface area contributed by atoms with Crippen molar-refractivity contribution in [3.8, 4) is 0 Å². The molecule has 0 atom stereocenters. The maximum atomic E-state index is 6.24. The fourth-order valence-corrected chi connectivity index (χ4v) is 2.21. The lowest BCUT2D eigenvalue weighted by Gasteiger charge is -2.24. The van der Waals surface area contributed by atoms with Crippen LogP contribution in [0.15, 0.2) is 0 Å². The second kappa shape index (κ2) is 5.43. The highest BCUT2D eigenvalue weighted by molar-refractivity contribution is 6.30. The van der Waals surface area contributed by atoms with Crippen LogP contribution in [0.1, 0.15) is 50.9 Å². The van der Waals surface area contributed by atoms with Gasteiger partial charge in [0.25, 0.3) is 0 Å². The summed E-state index contributed by atoms with van der Waals surface area (Å²) < 4.78 is 0. The molecule has 0 spiro atoms. The SMILES string of the molecule is CCN(CC1CC1)c1nc(C(C)C)nc(Cl)c1C. The molecular weight excluding hydrogens is 246 g/mol. The summed E-state index contributed by atoms with van der Waals surface area (Å²) in [5.74, 6) is 3.02. The normalized spacial score (nSPS) is 15.2. The Hall–Kier alpha value is -0.830. The zero-order chi connectivity index (χ0) is 13.3. The van der Waals surface area contributed by atoms with Crippen molar-refractivity contribution in [3.05, 3.63) is 16.5 Å². The number of nitrogens with zero attached hydrogens (tertiary/aromatic N) is 3. The highest BCUT2D eigenvalue weighted by Gasteiger charge is 2.26. The third-order valence-corrected chi connectivity index (χ3v) is 3.82. The quantitative estimate of drug-likeness (QED) is 0.760. The van der Waals surface area contributed by atoms with E-state index in [1.807, 2.05) is 6.92 Å². The standard InChI is InChI=1S/C14H22ClN3/c1-5-18(8-11-6-7-11)14-10(4)12(15)16-13(17-14)9(2)3/h9,11H,5-8H2,1-4H3. The first-order valence-electron chi connectivity index (χ1n) is 6.81. The monoisotopic (exact) mass is 267 g/mol. The fraction of sp³-hybridized carbons (Fsp3) is 0.714. The Kier molecular flexibility index (Phi) is 4.10. The Labute approximate surface area is 115 Å². The van der Waals surface area contributed by atoms with Gasteiger partial charge >= 0.3 is 0 Å². The van der Waals surface area contributed by atoms with Gasteiger partial charge in [-0.3, -0.25) is 0 Å². The highest BCUT2D eigenvalue weighted by atomic mass is 35.5. The molecule has 0 aromatic carbocycles. The molecule has 0 radical (unpaired) electrons. The lowest BCUT2D eigenvalue weighted by atomic mass is 10.2. The maximum absolute atomic E-state index is 6.24. The molecule has 2 rings (SSSR count). The van der Waals surface area contributed by atoms with Gasteiger partial charge in [-0.1, -0.05) is 25.4 Å². The van der Waals surface area contributed by atoms with Crippen molar-refractivity contribution in [2.45, 2.75) is 46.5 Å². The van der Waals surface area contributed by atoms with Gasteiger partial charge in [0.05, 0.1) is 0 Å². The molecule has 0 bridgehead atoms. The van der Waals surface area contributed by atoms with E-state index in [9.17, 15) is 0 Å². The van der Waals surface area contributed by atoms with Gasteiger partial charge in [-0.2, -0.15) is 0 Å². The van der Waals surface area contributed by atoms with Crippen LogP contribution in [0, 0.1) is 12.8 Å². The Bertz CT molecular complexity index is 427. The summed E-state index contributed by atoms with van der Waals surface area (Å²) in [6.45, 7) is 10.5. The Morgan fingerprint density at radius 1 is 1.33 bits per heavy atom. The Morgan fingerprint density at radius 3 is 2.50 bits per heavy atom. The zero-order valence-corrected chi connectivity index (χ0v) is 12.5. The van der Waals surface area contributed by atoms with E-state index in [-0.39, 0.29) is 0 Å². The Balaban J connectivity index is 2.33. The second-order valence-corrected chi connectivity index (χ2v) is 5.82.